The van der Waals surface area contributed by atoms with Crippen LogP contribution in [0, 0.1) is 0 Å². The summed E-state index contributed by atoms with van der Waals surface area (Å²) in [6.07, 6.45) is 8.81. The van der Waals surface area contributed by atoms with Crippen molar-refractivity contribution in [1.29, 1.82) is 0 Å². The Morgan fingerprint density at radius 1 is 0.968 bits per heavy atom. The molecule has 1 aromatic carbocycles. The molecular formula is C24H33N5O2. The summed E-state index contributed by atoms with van der Waals surface area (Å²) in [7, 11) is 4.05. The van der Waals surface area contributed by atoms with Gasteiger partial charge in [-0.15, -0.1) is 0 Å². The zero-order chi connectivity index (χ0) is 21.8. The molecule has 2 fully saturated rings. The summed E-state index contributed by atoms with van der Waals surface area (Å²) in [5.41, 5.74) is 1.85. The molecule has 1 heterocycles. The number of para-hydroxylation sites is 1. The molecule has 2 atom stereocenters. The van der Waals surface area contributed by atoms with Gasteiger partial charge in [0.1, 0.15) is 5.82 Å². The lowest BCUT2D eigenvalue weighted by molar-refractivity contribution is -0.137. The van der Waals surface area contributed by atoms with Gasteiger partial charge in [-0.1, -0.05) is 43.9 Å². The normalized spacial score (nSPS) is 21.9. The van der Waals surface area contributed by atoms with Crippen molar-refractivity contribution in [2.24, 2.45) is 0 Å². The van der Waals surface area contributed by atoms with Gasteiger partial charge in [-0.2, -0.15) is 5.10 Å². The van der Waals surface area contributed by atoms with E-state index in [9.17, 15) is 9.59 Å². The monoisotopic (exact) mass is 423 g/mol. The number of hydrogen-bond donors (Lipinski definition) is 2. The third-order valence-corrected chi connectivity index (χ3v) is 6.66. The van der Waals surface area contributed by atoms with Crippen LogP contribution in [0.2, 0.25) is 0 Å². The lowest BCUT2D eigenvalue weighted by atomic mass is 9.89. The highest BCUT2D eigenvalue weighted by atomic mass is 16.2. The van der Waals surface area contributed by atoms with E-state index in [0.717, 1.165) is 49.9 Å². The first-order valence-electron chi connectivity index (χ1n) is 11.5. The van der Waals surface area contributed by atoms with Crippen LogP contribution >= 0.6 is 0 Å². The lowest BCUT2D eigenvalue weighted by Gasteiger charge is -2.36. The summed E-state index contributed by atoms with van der Waals surface area (Å²) in [5, 5.41) is 10.6. The molecule has 166 valence electrons. The maximum atomic E-state index is 12.8. The summed E-state index contributed by atoms with van der Waals surface area (Å²) >= 11 is 0. The second-order valence-corrected chi connectivity index (χ2v) is 9.03. The van der Waals surface area contributed by atoms with E-state index >= 15 is 0 Å². The Kier molecular flexibility index (Phi) is 6.70. The van der Waals surface area contributed by atoms with Crippen LogP contribution in [0.4, 0.5) is 5.82 Å². The van der Waals surface area contributed by atoms with Crippen LogP contribution in [0.3, 0.4) is 0 Å². The Bertz CT molecular complexity index is 902. The van der Waals surface area contributed by atoms with Crippen molar-refractivity contribution in [2.45, 2.75) is 69.4 Å². The predicted molar refractivity (Wildman–Crippen MR) is 121 cm³/mol. The quantitative estimate of drug-likeness (QED) is 0.722. The van der Waals surface area contributed by atoms with Gasteiger partial charge in [0.15, 0.2) is 0 Å². The van der Waals surface area contributed by atoms with Gasteiger partial charge in [-0.3, -0.25) is 9.59 Å². The van der Waals surface area contributed by atoms with Crippen molar-refractivity contribution in [3.63, 3.8) is 0 Å². The molecule has 2 saturated carbocycles. The van der Waals surface area contributed by atoms with Gasteiger partial charge in [-0.25, -0.2) is 4.68 Å². The molecular weight excluding hydrogens is 390 g/mol. The molecule has 31 heavy (non-hydrogen) atoms. The zero-order valence-electron chi connectivity index (χ0n) is 18.5. The number of rotatable bonds is 5. The van der Waals surface area contributed by atoms with E-state index in [-0.39, 0.29) is 12.1 Å². The van der Waals surface area contributed by atoms with E-state index in [0.29, 0.717) is 11.7 Å². The maximum Gasteiger partial charge on any atom is 0.314 e. The fraction of sp³-hybridized carbons (Fsp3) is 0.542. The van der Waals surface area contributed by atoms with E-state index < -0.39 is 11.8 Å². The molecule has 1 aromatic heterocycles. The van der Waals surface area contributed by atoms with Crippen molar-refractivity contribution in [3.05, 3.63) is 42.1 Å². The average molecular weight is 424 g/mol. The molecule has 0 aliphatic heterocycles. The molecule has 2 N–H and O–H groups in total. The molecule has 2 aliphatic carbocycles. The van der Waals surface area contributed by atoms with Gasteiger partial charge in [0.25, 0.3) is 0 Å². The summed E-state index contributed by atoms with van der Waals surface area (Å²) in [6, 6.07) is 11.9. The number of carbonyl (C=O) groups excluding carboxylic acids is 2. The van der Waals surface area contributed by atoms with Gasteiger partial charge in [0.05, 0.1) is 11.4 Å². The number of nitrogens with zero attached hydrogens (tertiary/aromatic N) is 3. The fourth-order valence-electron chi connectivity index (χ4n) is 4.98. The van der Waals surface area contributed by atoms with E-state index in [1.807, 2.05) is 50.5 Å². The molecule has 0 radical (unpaired) electrons. The van der Waals surface area contributed by atoms with E-state index in [1.54, 1.807) is 4.68 Å². The highest BCUT2D eigenvalue weighted by molar-refractivity contribution is 6.39. The first kappa shape index (κ1) is 21.6. The van der Waals surface area contributed by atoms with Crippen molar-refractivity contribution >= 4 is 17.6 Å². The molecule has 4 rings (SSSR count). The first-order chi connectivity index (χ1) is 15.0. The largest absolute Gasteiger partial charge is 0.344 e. The number of amides is 2. The van der Waals surface area contributed by atoms with Gasteiger partial charge in [-0.05, 0) is 51.9 Å². The van der Waals surface area contributed by atoms with Crippen molar-refractivity contribution in [3.8, 4) is 5.69 Å². The first-order valence-corrected chi connectivity index (χ1v) is 11.5. The number of aromatic nitrogens is 2. The van der Waals surface area contributed by atoms with E-state index in [4.69, 9.17) is 5.10 Å². The minimum atomic E-state index is -0.641. The molecule has 0 bridgehead atoms. The minimum Gasteiger partial charge on any atom is -0.344 e. The summed E-state index contributed by atoms with van der Waals surface area (Å²) in [6.45, 7) is 0. The number of nitrogens with one attached hydrogen (secondary N) is 2. The number of likely N-dealkylation sites (N-methyl/N-ethyl adjacent to an activating group) is 1. The Morgan fingerprint density at radius 3 is 2.35 bits per heavy atom. The number of hydrogen-bond acceptors (Lipinski definition) is 4. The van der Waals surface area contributed by atoms with Crippen LogP contribution in [0.5, 0.6) is 0 Å². The SMILES string of the molecule is CN(C)C1CCCCC1NC(=O)C(=O)Nc1cc(C2CCCC2)nn1-c1ccccc1. The van der Waals surface area contributed by atoms with Crippen LogP contribution in [0.25, 0.3) is 5.69 Å². The maximum absolute atomic E-state index is 12.8. The molecule has 2 aromatic rings. The van der Waals surface area contributed by atoms with Crippen LogP contribution < -0.4 is 10.6 Å². The van der Waals surface area contributed by atoms with Crippen LogP contribution in [-0.4, -0.2) is 52.7 Å². The zero-order valence-corrected chi connectivity index (χ0v) is 18.5. The topological polar surface area (TPSA) is 79.3 Å². The summed E-state index contributed by atoms with van der Waals surface area (Å²) in [4.78, 5) is 27.7. The highest BCUT2D eigenvalue weighted by Crippen LogP contribution is 2.35. The Hall–Kier alpha value is -2.67. The van der Waals surface area contributed by atoms with Gasteiger partial charge >= 0.3 is 11.8 Å². The second kappa shape index (κ2) is 9.64. The average Bonchev–Trinajstić information content (AvgIpc) is 3.44. The Labute approximate surface area is 184 Å². The van der Waals surface area contributed by atoms with E-state index in [1.165, 1.54) is 12.8 Å². The van der Waals surface area contributed by atoms with Crippen molar-refractivity contribution < 1.29 is 9.59 Å². The third kappa shape index (κ3) is 4.98. The number of carbonyl (C=O) groups is 2. The smallest absolute Gasteiger partial charge is 0.314 e. The molecule has 7 nitrogen and oxygen atoms in total. The molecule has 2 unspecified atom stereocenters. The second-order valence-electron chi connectivity index (χ2n) is 9.03. The fourth-order valence-corrected chi connectivity index (χ4v) is 4.98. The van der Waals surface area contributed by atoms with Crippen molar-refractivity contribution in [1.82, 2.24) is 20.0 Å². The van der Waals surface area contributed by atoms with Crippen molar-refractivity contribution in [2.75, 3.05) is 19.4 Å². The number of benzene rings is 1. The van der Waals surface area contributed by atoms with Gasteiger partial charge in [0.2, 0.25) is 0 Å². The molecule has 0 spiro atoms. The summed E-state index contributed by atoms with van der Waals surface area (Å²) in [5.74, 6) is -0.265. The van der Waals surface area contributed by atoms with E-state index in [2.05, 4.69) is 15.5 Å². The van der Waals surface area contributed by atoms with Crippen LogP contribution in [0.1, 0.15) is 63.0 Å². The lowest BCUT2D eigenvalue weighted by Crippen LogP contribution is -2.53. The predicted octanol–water partition coefficient (Wildman–Crippen LogP) is 3.46. The van der Waals surface area contributed by atoms with Gasteiger partial charge in [0, 0.05) is 24.1 Å². The third-order valence-electron chi connectivity index (χ3n) is 6.66. The Morgan fingerprint density at radius 2 is 1.65 bits per heavy atom. The minimum absolute atomic E-state index is 0.00455. The molecule has 2 aliphatic rings. The van der Waals surface area contributed by atoms with Crippen LogP contribution in [-0.2, 0) is 9.59 Å². The molecule has 0 saturated heterocycles. The van der Waals surface area contributed by atoms with Crippen LogP contribution in [0.15, 0.2) is 36.4 Å². The van der Waals surface area contributed by atoms with Gasteiger partial charge < -0.3 is 15.5 Å². The Balaban J connectivity index is 1.50. The standard InChI is InChI=1S/C24H33N5O2/c1-28(2)21-15-9-8-14-19(21)25-23(30)24(31)26-22-16-20(17-10-6-7-11-17)27-29(22)18-12-4-3-5-13-18/h3-5,12-13,16-17,19,21H,6-11,14-15H2,1-2H3,(H,25,30)(H,26,31). The summed E-state index contributed by atoms with van der Waals surface area (Å²) < 4.78 is 1.74. The number of anilines is 1. The highest BCUT2D eigenvalue weighted by Gasteiger charge is 2.30. The molecule has 2 amide bonds. The molecule has 7 heteroatoms.